The molecule has 2 aromatic rings. The van der Waals surface area contributed by atoms with Crippen LogP contribution >= 0.6 is 11.3 Å². The van der Waals surface area contributed by atoms with Crippen molar-refractivity contribution >= 4 is 11.3 Å². The van der Waals surface area contributed by atoms with Crippen molar-refractivity contribution in [2.75, 3.05) is 0 Å². The van der Waals surface area contributed by atoms with E-state index >= 15 is 0 Å². The van der Waals surface area contributed by atoms with Gasteiger partial charge in [-0.1, -0.05) is 26.0 Å². The van der Waals surface area contributed by atoms with Crippen LogP contribution in [0, 0.1) is 5.82 Å². The van der Waals surface area contributed by atoms with Crippen molar-refractivity contribution in [2.24, 2.45) is 0 Å². The first-order chi connectivity index (χ1) is 9.65. The van der Waals surface area contributed by atoms with E-state index in [9.17, 15) is 4.39 Å². The van der Waals surface area contributed by atoms with Crippen molar-refractivity contribution in [3.63, 3.8) is 0 Å². The number of thiophene rings is 1. The van der Waals surface area contributed by atoms with Crippen LogP contribution in [0.3, 0.4) is 0 Å². The molecular formula is C16H20FNOS. The monoisotopic (exact) mass is 293 g/mol. The highest BCUT2D eigenvalue weighted by Crippen LogP contribution is 2.15. The Morgan fingerprint density at radius 1 is 1.25 bits per heavy atom. The Morgan fingerprint density at radius 3 is 2.80 bits per heavy atom. The molecular weight excluding hydrogens is 273 g/mol. The van der Waals surface area contributed by atoms with Gasteiger partial charge in [-0.25, -0.2) is 4.39 Å². The van der Waals surface area contributed by atoms with E-state index in [1.54, 1.807) is 11.3 Å². The second kappa shape index (κ2) is 7.53. The zero-order valence-electron chi connectivity index (χ0n) is 11.9. The third-order valence-electron chi connectivity index (χ3n) is 2.91. The molecule has 1 N–H and O–H groups in total. The molecule has 0 unspecified atom stereocenters. The summed E-state index contributed by atoms with van der Waals surface area (Å²) in [4.78, 5) is 1.16. The molecule has 2 rings (SSSR count). The molecule has 0 radical (unpaired) electrons. The van der Waals surface area contributed by atoms with Gasteiger partial charge in [0.1, 0.15) is 5.82 Å². The van der Waals surface area contributed by atoms with Crippen LogP contribution in [-0.2, 0) is 24.5 Å². The van der Waals surface area contributed by atoms with Gasteiger partial charge >= 0.3 is 0 Å². The van der Waals surface area contributed by atoms with Crippen LogP contribution in [-0.4, -0.2) is 6.04 Å². The molecule has 0 aliphatic heterocycles. The van der Waals surface area contributed by atoms with Gasteiger partial charge in [0.15, 0.2) is 0 Å². The molecule has 1 aromatic carbocycles. The number of nitrogens with one attached hydrogen (secondary N) is 1. The summed E-state index contributed by atoms with van der Waals surface area (Å²) in [7, 11) is 0. The maximum Gasteiger partial charge on any atom is 0.128 e. The lowest BCUT2D eigenvalue weighted by Gasteiger charge is -2.10. The van der Waals surface area contributed by atoms with Crippen LogP contribution in [0.25, 0.3) is 0 Å². The highest BCUT2D eigenvalue weighted by atomic mass is 32.1. The summed E-state index contributed by atoms with van der Waals surface area (Å²) in [6.45, 7) is 5.77. The van der Waals surface area contributed by atoms with Crippen molar-refractivity contribution in [3.05, 3.63) is 57.5 Å². The Kier molecular flexibility index (Phi) is 5.71. The van der Waals surface area contributed by atoms with Gasteiger partial charge in [0.25, 0.3) is 0 Å². The summed E-state index contributed by atoms with van der Waals surface area (Å²) >= 11 is 1.65. The number of halogens is 1. The number of hydrogen-bond donors (Lipinski definition) is 1. The molecule has 0 amide bonds. The normalized spacial score (nSPS) is 11.2. The van der Waals surface area contributed by atoms with E-state index in [4.69, 9.17) is 4.74 Å². The second-order valence-electron chi connectivity index (χ2n) is 5.03. The summed E-state index contributed by atoms with van der Waals surface area (Å²) in [6, 6.07) is 9.62. The fourth-order valence-corrected chi connectivity index (χ4v) is 2.47. The van der Waals surface area contributed by atoms with E-state index in [0.717, 1.165) is 17.0 Å². The van der Waals surface area contributed by atoms with Gasteiger partial charge in [-0.2, -0.15) is 0 Å². The van der Waals surface area contributed by atoms with Gasteiger partial charge in [0.05, 0.1) is 13.2 Å². The fourth-order valence-electron chi connectivity index (χ4n) is 1.83. The smallest absolute Gasteiger partial charge is 0.128 e. The summed E-state index contributed by atoms with van der Waals surface area (Å²) < 4.78 is 19.3. The lowest BCUT2D eigenvalue weighted by atomic mass is 10.1. The molecule has 0 aliphatic carbocycles. The van der Waals surface area contributed by atoms with Crippen molar-refractivity contribution < 1.29 is 9.13 Å². The van der Waals surface area contributed by atoms with Gasteiger partial charge < -0.3 is 10.1 Å². The van der Waals surface area contributed by atoms with E-state index in [1.807, 2.05) is 29.6 Å². The minimum absolute atomic E-state index is 0.204. The van der Waals surface area contributed by atoms with E-state index in [-0.39, 0.29) is 5.82 Å². The Balaban J connectivity index is 1.90. The van der Waals surface area contributed by atoms with Gasteiger partial charge in [-0.15, -0.1) is 11.3 Å². The molecule has 0 fully saturated rings. The number of benzene rings is 1. The Bertz CT molecular complexity index is 525. The molecule has 1 heterocycles. The van der Waals surface area contributed by atoms with Crippen LogP contribution in [0.2, 0.25) is 0 Å². The minimum atomic E-state index is -0.204. The first-order valence-electron chi connectivity index (χ1n) is 6.76. The molecule has 1 aromatic heterocycles. The predicted molar refractivity (Wildman–Crippen MR) is 81.2 cm³/mol. The third kappa shape index (κ3) is 4.71. The Morgan fingerprint density at radius 2 is 2.10 bits per heavy atom. The quantitative estimate of drug-likeness (QED) is 0.830. The first kappa shape index (κ1) is 15.2. The van der Waals surface area contributed by atoms with E-state index < -0.39 is 0 Å². The topological polar surface area (TPSA) is 21.3 Å². The SMILES string of the molecule is CC(C)NCc1ccc(F)c(COCc2cccs2)c1. The molecule has 20 heavy (non-hydrogen) atoms. The molecule has 0 aliphatic rings. The maximum absolute atomic E-state index is 13.7. The summed E-state index contributed by atoms with van der Waals surface area (Å²) in [5.41, 5.74) is 1.69. The first-order valence-corrected chi connectivity index (χ1v) is 7.64. The van der Waals surface area contributed by atoms with Crippen LogP contribution in [0.5, 0.6) is 0 Å². The summed E-state index contributed by atoms with van der Waals surface area (Å²) in [6.07, 6.45) is 0. The predicted octanol–water partition coefficient (Wildman–Crippen LogP) is 4.10. The standard InChI is InChI=1S/C16H20FNOS/c1-12(2)18-9-13-5-6-16(17)14(8-13)10-19-11-15-4-3-7-20-15/h3-8,12,18H,9-11H2,1-2H3. The zero-order valence-corrected chi connectivity index (χ0v) is 12.7. The second-order valence-corrected chi connectivity index (χ2v) is 6.07. The highest BCUT2D eigenvalue weighted by molar-refractivity contribution is 7.09. The molecule has 0 saturated heterocycles. The summed E-state index contributed by atoms with van der Waals surface area (Å²) in [5.74, 6) is -0.204. The zero-order chi connectivity index (χ0) is 14.4. The molecule has 0 saturated carbocycles. The minimum Gasteiger partial charge on any atom is -0.371 e. The molecule has 2 nitrogen and oxygen atoms in total. The summed E-state index contributed by atoms with van der Waals surface area (Å²) in [5, 5.41) is 5.34. The molecule has 4 heteroatoms. The fraction of sp³-hybridized carbons (Fsp3) is 0.375. The number of rotatable bonds is 7. The van der Waals surface area contributed by atoms with Gasteiger partial charge in [-0.05, 0) is 29.1 Å². The van der Waals surface area contributed by atoms with E-state index in [2.05, 4.69) is 19.2 Å². The lowest BCUT2D eigenvalue weighted by Crippen LogP contribution is -2.21. The number of ether oxygens (including phenoxy) is 1. The Labute approximate surface area is 123 Å². The van der Waals surface area contributed by atoms with Crippen LogP contribution in [0.15, 0.2) is 35.7 Å². The van der Waals surface area contributed by atoms with E-state index in [1.165, 1.54) is 6.07 Å². The van der Waals surface area contributed by atoms with Crippen LogP contribution in [0.1, 0.15) is 29.9 Å². The molecule has 108 valence electrons. The number of hydrogen-bond acceptors (Lipinski definition) is 3. The Hall–Kier alpha value is -1.23. The highest BCUT2D eigenvalue weighted by Gasteiger charge is 2.05. The molecule has 0 spiro atoms. The van der Waals surface area contributed by atoms with Gasteiger partial charge in [0, 0.05) is 23.0 Å². The molecule has 0 atom stereocenters. The largest absolute Gasteiger partial charge is 0.371 e. The average molecular weight is 293 g/mol. The van der Waals surface area contributed by atoms with Crippen LogP contribution < -0.4 is 5.32 Å². The average Bonchev–Trinajstić information content (AvgIpc) is 2.92. The van der Waals surface area contributed by atoms with Crippen molar-refractivity contribution in [1.82, 2.24) is 5.32 Å². The van der Waals surface area contributed by atoms with Gasteiger partial charge in [-0.3, -0.25) is 0 Å². The van der Waals surface area contributed by atoms with E-state index in [0.29, 0.717) is 24.8 Å². The van der Waals surface area contributed by atoms with Crippen LogP contribution in [0.4, 0.5) is 4.39 Å². The lowest BCUT2D eigenvalue weighted by molar-refractivity contribution is 0.107. The van der Waals surface area contributed by atoms with Gasteiger partial charge in [0.2, 0.25) is 0 Å². The maximum atomic E-state index is 13.7. The molecule has 0 bridgehead atoms. The third-order valence-corrected chi connectivity index (χ3v) is 3.76. The van der Waals surface area contributed by atoms with Crippen molar-refractivity contribution in [3.8, 4) is 0 Å². The van der Waals surface area contributed by atoms with Crippen molar-refractivity contribution in [2.45, 2.75) is 39.6 Å². The van der Waals surface area contributed by atoms with Crippen molar-refractivity contribution in [1.29, 1.82) is 0 Å².